The molecule has 2 saturated heterocycles. The number of carbonyl (C=O) groups excluding carboxylic acids is 4. The number of aromatic amines is 2. The van der Waals surface area contributed by atoms with Gasteiger partial charge < -0.3 is 39.9 Å². The summed E-state index contributed by atoms with van der Waals surface area (Å²) in [5.41, 5.74) is 4.79. The lowest BCUT2D eigenvalue weighted by Gasteiger charge is -2.53. The summed E-state index contributed by atoms with van der Waals surface area (Å²) in [7, 11) is 2.63. The van der Waals surface area contributed by atoms with Crippen LogP contribution in [0, 0.1) is 23.7 Å². The number of methoxy groups -OCH3 is 2. The highest BCUT2D eigenvalue weighted by molar-refractivity contribution is 5.88. The van der Waals surface area contributed by atoms with E-state index in [-0.39, 0.29) is 58.6 Å². The normalized spacial score (nSPS) is 31.4. The van der Waals surface area contributed by atoms with E-state index in [0.717, 1.165) is 87.1 Å². The van der Waals surface area contributed by atoms with Crippen molar-refractivity contribution in [2.75, 3.05) is 14.2 Å². The summed E-state index contributed by atoms with van der Waals surface area (Å²) in [5, 5.41) is 5.53. The van der Waals surface area contributed by atoms with Crippen LogP contribution in [-0.2, 0) is 29.9 Å². The Labute approximate surface area is 340 Å². The first kappa shape index (κ1) is 38.6. The quantitative estimate of drug-likeness (QED) is 0.172. The highest BCUT2D eigenvalue weighted by Crippen LogP contribution is 2.59. The van der Waals surface area contributed by atoms with E-state index in [1.165, 1.54) is 25.5 Å². The number of aromatic nitrogens is 4. The molecule has 7 fully saturated rings. The summed E-state index contributed by atoms with van der Waals surface area (Å²) in [6.45, 7) is 7.77. The third kappa shape index (κ3) is 6.54. The largest absolute Gasteiger partial charge is 0.453 e. The number of alkyl carbamates (subject to hydrolysis) is 2. The molecular weight excluding hydrogens is 737 g/mol. The van der Waals surface area contributed by atoms with Crippen LogP contribution in [0.2, 0.25) is 0 Å². The predicted molar refractivity (Wildman–Crippen MR) is 214 cm³/mol. The van der Waals surface area contributed by atoms with Gasteiger partial charge in [-0.15, -0.1) is 0 Å². The Bertz CT molecular complexity index is 2050. The summed E-state index contributed by atoms with van der Waals surface area (Å²) in [6.07, 6.45) is 13.1. The lowest BCUT2D eigenvalue weighted by molar-refractivity contribution is -0.137. The Morgan fingerprint density at radius 3 is 1.62 bits per heavy atom. The molecule has 0 spiro atoms. The molecule has 3 aromatic rings. The summed E-state index contributed by atoms with van der Waals surface area (Å²) in [6, 6.07) is 7.81. The molecule has 10 rings (SSSR count). The van der Waals surface area contributed by atoms with Crippen LogP contribution in [0.3, 0.4) is 0 Å². The molecule has 2 aromatic heterocycles. The molecular formula is C44H58N8O6. The van der Waals surface area contributed by atoms with Crippen molar-refractivity contribution in [3.63, 3.8) is 0 Å². The van der Waals surface area contributed by atoms with Crippen molar-refractivity contribution in [3.8, 4) is 11.3 Å². The second kappa shape index (κ2) is 14.4. The number of H-pyrrole nitrogens is 2. The second-order valence-electron chi connectivity index (χ2n) is 18.8. The zero-order chi connectivity index (χ0) is 40.7. The van der Waals surface area contributed by atoms with Gasteiger partial charge in [-0.05, 0) is 104 Å². The number of fused-ring (bicyclic) bond motifs is 5. The van der Waals surface area contributed by atoms with Crippen molar-refractivity contribution in [1.82, 2.24) is 40.4 Å². The van der Waals surface area contributed by atoms with Gasteiger partial charge in [0.1, 0.15) is 23.7 Å². The van der Waals surface area contributed by atoms with Crippen molar-refractivity contribution >= 4 is 24.0 Å². The number of carbonyl (C=O) groups is 4. The van der Waals surface area contributed by atoms with Gasteiger partial charge in [-0.2, -0.15) is 0 Å². The van der Waals surface area contributed by atoms with Crippen LogP contribution >= 0.6 is 0 Å². The Kier molecular flexibility index (Phi) is 9.62. The predicted octanol–water partition coefficient (Wildman–Crippen LogP) is 6.43. The van der Waals surface area contributed by atoms with E-state index in [1.807, 2.05) is 49.9 Å². The highest BCUT2D eigenvalue weighted by Gasteiger charge is 2.58. The molecule has 8 atom stereocenters. The summed E-state index contributed by atoms with van der Waals surface area (Å²) >= 11 is 0. The van der Waals surface area contributed by atoms with E-state index >= 15 is 0 Å². The van der Waals surface area contributed by atoms with Crippen molar-refractivity contribution in [3.05, 3.63) is 59.6 Å². The number of hydrogen-bond acceptors (Lipinski definition) is 8. The number of rotatable bonds is 11. The number of hydrogen-bond donors (Lipinski definition) is 4. The molecule has 4 N–H and O–H groups in total. The molecule has 5 aliphatic carbocycles. The first-order valence-corrected chi connectivity index (χ1v) is 21.4. The maximum atomic E-state index is 13.9. The smallest absolute Gasteiger partial charge is 0.407 e. The van der Waals surface area contributed by atoms with Gasteiger partial charge in [0.2, 0.25) is 11.8 Å². The number of piperidine rings is 2. The van der Waals surface area contributed by atoms with E-state index in [9.17, 15) is 19.2 Å². The molecule has 5 saturated carbocycles. The minimum absolute atomic E-state index is 0.0551. The van der Waals surface area contributed by atoms with Crippen LogP contribution in [0.1, 0.15) is 127 Å². The Hall–Kier alpha value is -4.88. The van der Waals surface area contributed by atoms with E-state index < -0.39 is 24.3 Å². The maximum absolute atomic E-state index is 13.9. The zero-order valence-corrected chi connectivity index (χ0v) is 34.5. The van der Waals surface area contributed by atoms with Crippen LogP contribution in [-0.4, -0.2) is 92.1 Å². The van der Waals surface area contributed by atoms with E-state index in [4.69, 9.17) is 19.4 Å². The summed E-state index contributed by atoms with van der Waals surface area (Å²) < 4.78 is 9.65. The number of nitrogens with one attached hydrogen (secondary N) is 4. The summed E-state index contributed by atoms with van der Waals surface area (Å²) in [4.78, 5) is 72.9. The Balaban J connectivity index is 0.856. The van der Waals surface area contributed by atoms with Gasteiger partial charge in [0.15, 0.2) is 0 Å². The van der Waals surface area contributed by atoms with Crippen molar-refractivity contribution < 1.29 is 28.7 Å². The number of imidazole rings is 2. The fourth-order valence-electron chi connectivity index (χ4n) is 11.2. The van der Waals surface area contributed by atoms with Gasteiger partial charge in [-0.1, -0.05) is 52.0 Å². The molecule has 2 aliphatic heterocycles. The number of amides is 4. The first-order chi connectivity index (χ1) is 27.8. The van der Waals surface area contributed by atoms with E-state index in [2.05, 4.69) is 44.9 Å². The maximum Gasteiger partial charge on any atom is 0.407 e. The van der Waals surface area contributed by atoms with E-state index in [1.54, 1.807) is 0 Å². The van der Waals surface area contributed by atoms with Crippen LogP contribution < -0.4 is 10.6 Å². The molecule has 2 bridgehead atoms. The molecule has 14 nitrogen and oxygen atoms in total. The third-order valence-electron chi connectivity index (χ3n) is 14.9. The number of nitrogens with zero attached hydrogens (tertiary/aromatic N) is 4. The SMILES string of the molecule is COC(=O)N[C@H](C(=O)N1[C@@H]2C[C@@H]2C[C@H]1c1ncc(C23CCC(c4ccc(-c5cnc([C@H]6C[C@@H]7C[C@@H]7N6C(=O)[C@H](NC(=O)OC)C(C)C)[nH]5)cc4)(CC2)CC3)[nH]1)C(C)C. The highest BCUT2D eigenvalue weighted by atomic mass is 16.5. The molecule has 7 aliphatic rings. The number of ether oxygens (including phenoxy) is 2. The van der Waals surface area contributed by atoms with Crippen LogP contribution in [0.4, 0.5) is 9.59 Å². The van der Waals surface area contributed by atoms with Gasteiger partial charge in [-0.3, -0.25) is 9.59 Å². The molecule has 0 unspecified atom stereocenters. The number of likely N-dealkylation sites (tertiary alicyclic amines) is 2. The van der Waals surface area contributed by atoms with Crippen LogP contribution in [0.25, 0.3) is 11.3 Å². The Morgan fingerprint density at radius 1 is 0.672 bits per heavy atom. The van der Waals surface area contributed by atoms with Gasteiger partial charge in [0.25, 0.3) is 0 Å². The fraction of sp³-hybridized carbons (Fsp3) is 0.636. The molecule has 58 heavy (non-hydrogen) atoms. The van der Waals surface area contributed by atoms with Crippen LogP contribution in [0.5, 0.6) is 0 Å². The molecule has 1 aromatic carbocycles. The lowest BCUT2D eigenvalue weighted by Crippen LogP contribution is -2.52. The molecule has 4 heterocycles. The zero-order valence-electron chi connectivity index (χ0n) is 34.5. The third-order valence-corrected chi connectivity index (χ3v) is 14.9. The van der Waals surface area contributed by atoms with Gasteiger partial charge in [0.05, 0.1) is 38.2 Å². The van der Waals surface area contributed by atoms with E-state index in [0.29, 0.717) is 11.8 Å². The topological polar surface area (TPSA) is 175 Å². The standard InChI is InChI=1S/C44H58N8O6/c1-23(2)35(49-41(55)57-5)39(53)51-30-17-26(30)19-32(51)37-45-21-29(47-37)25-7-9-28(10-8-25)43-11-14-44(15-12-43,16-13-43)34-22-46-38(48-34)33-20-27-18-31(27)52(33)40(54)36(24(3)4)50-42(56)58-6/h7-10,21-24,26-27,30-33,35-36H,11-20H2,1-6H3,(H,45,47)(H,46,48)(H,49,55)(H,50,56)/t26-,27+,30-,31+,32+,33-,35+,36-,43?,44?/m0/s1. The molecule has 14 heteroatoms. The fourth-order valence-corrected chi connectivity index (χ4v) is 11.2. The van der Waals surface area contributed by atoms with Crippen molar-refractivity contribution in [1.29, 1.82) is 0 Å². The Morgan fingerprint density at radius 2 is 1.14 bits per heavy atom. The number of benzene rings is 1. The van der Waals surface area contributed by atoms with Gasteiger partial charge in [-0.25, -0.2) is 19.6 Å². The lowest BCUT2D eigenvalue weighted by atomic mass is 9.51. The average molecular weight is 795 g/mol. The van der Waals surface area contributed by atoms with Gasteiger partial charge >= 0.3 is 12.2 Å². The molecule has 310 valence electrons. The second-order valence-corrected chi connectivity index (χ2v) is 18.8. The monoisotopic (exact) mass is 794 g/mol. The minimum atomic E-state index is -0.662. The van der Waals surface area contributed by atoms with Crippen LogP contribution in [0.15, 0.2) is 36.7 Å². The van der Waals surface area contributed by atoms with Crippen molar-refractivity contribution in [2.24, 2.45) is 23.7 Å². The minimum Gasteiger partial charge on any atom is -0.453 e. The van der Waals surface area contributed by atoms with Gasteiger partial charge in [0, 0.05) is 29.4 Å². The first-order valence-electron chi connectivity index (χ1n) is 21.4. The van der Waals surface area contributed by atoms with Crippen molar-refractivity contribution in [2.45, 2.75) is 139 Å². The summed E-state index contributed by atoms with van der Waals surface area (Å²) in [5.74, 6) is 2.31. The average Bonchev–Trinajstić information content (AvgIpc) is 3.81. The molecule has 0 radical (unpaired) electrons. The molecule has 4 amide bonds.